The third-order valence-corrected chi connectivity index (χ3v) is 4.57. The van der Waals surface area contributed by atoms with Crippen molar-refractivity contribution >= 4 is 52.5 Å². The highest BCUT2D eigenvalue weighted by atomic mass is 32.2. The average Bonchev–Trinajstić information content (AvgIpc) is 2.67. The van der Waals surface area contributed by atoms with Crippen LogP contribution in [0.1, 0.15) is 11.1 Å². The molecule has 10 heteroatoms. The molecule has 2 rings (SSSR count). The molecular formula is C19H14F3NO4S2. The number of halogens is 3. The summed E-state index contributed by atoms with van der Waals surface area (Å²) in [5.74, 6) is -0.451. The number of likely N-dealkylation sites (N-methyl/N-ethyl adjacent to an activating group) is 1. The maximum Gasteiger partial charge on any atom is 0.511 e. The first-order valence-electron chi connectivity index (χ1n) is 7.90. The number of carbonyl (C=O) groups is 2. The summed E-state index contributed by atoms with van der Waals surface area (Å²) in [5, 5.41) is 8.59. The molecule has 0 bridgehead atoms. The Labute approximate surface area is 173 Å². The topological polar surface area (TPSA) is 66.8 Å². The quantitative estimate of drug-likeness (QED) is 0.278. The van der Waals surface area contributed by atoms with Crippen LogP contribution >= 0.6 is 24.0 Å². The van der Waals surface area contributed by atoms with E-state index in [1.165, 1.54) is 54.2 Å². The number of hydrogen-bond donors (Lipinski definition) is 1. The summed E-state index contributed by atoms with van der Waals surface area (Å²) in [6.07, 6.45) is -4.49. The largest absolute Gasteiger partial charge is 0.511 e. The van der Waals surface area contributed by atoms with E-state index in [0.29, 0.717) is 5.56 Å². The Morgan fingerprint density at radius 2 is 1.83 bits per heavy atom. The minimum absolute atomic E-state index is 0.0749. The lowest BCUT2D eigenvalue weighted by molar-refractivity contribution is -0.137. The van der Waals surface area contributed by atoms with Crippen molar-refractivity contribution in [2.45, 2.75) is 6.18 Å². The Hall–Kier alpha value is -2.85. The molecule has 0 aliphatic heterocycles. The van der Waals surface area contributed by atoms with Gasteiger partial charge in [0, 0.05) is 17.4 Å². The summed E-state index contributed by atoms with van der Waals surface area (Å²) < 4.78 is 44.5. The van der Waals surface area contributed by atoms with E-state index in [4.69, 9.17) is 17.3 Å². The van der Waals surface area contributed by atoms with Crippen LogP contribution in [0.2, 0.25) is 0 Å². The second kappa shape index (κ2) is 9.57. The molecule has 29 heavy (non-hydrogen) atoms. The van der Waals surface area contributed by atoms with Crippen LogP contribution in [0.4, 0.5) is 23.7 Å². The second-order valence-corrected chi connectivity index (χ2v) is 7.02. The first-order chi connectivity index (χ1) is 13.6. The lowest BCUT2D eigenvalue weighted by Gasteiger charge is -2.19. The van der Waals surface area contributed by atoms with Gasteiger partial charge in [0.25, 0.3) is 5.91 Å². The van der Waals surface area contributed by atoms with Crippen LogP contribution in [0.3, 0.4) is 0 Å². The Bertz CT molecular complexity index is 943. The van der Waals surface area contributed by atoms with Gasteiger partial charge >= 0.3 is 12.3 Å². The molecule has 0 fully saturated rings. The molecule has 0 aromatic heterocycles. The molecule has 2 aromatic rings. The summed E-state index contributed by atoms with van der Waals surface area (Å²) >= 11 is 5.74. The van der Waals surface area contributed by atoms with Crippen molar-refractivity contribution < 1.29 is 32.6 Å². The molecule has 0 heterocycles. The highest BCUT2D eigenvalue weighted by molar-refractivity contribution is 8.24. The van der Waals surface area contributed by atoms with Gasteiger partial charge in [-0.3, -0.25) is 4.79 Å². The van der Waals surface area contributed by atoms with Gasteiger partial charge in [-0.2, -0.15) is 13.2 Å². The maximum absolute atomic E-state index is 12.9. The van der Waals surface area contributed by atoms with Crippen molar-refractivity contribution in [2.24, 2.45) is 0 Å². The van der Waals surface area contributed by atoms with E-state index in [1.807, 2.05) is 0 Å². The Balaban J connectivity index is 2.30. The van der Waals surface area contributed by atoms with Crippen molar-refractivity contribution in [3.05, 3.63) is 64.6 Å². The number of ether oxygens (including phenoxy) is 1. The number of benzene rings is 2. The van der Waals surface area contributed by atoms with Crippen LogP contribution in [-0.4, -0.2) is 28.9 Å². The summed E-state index contributed by atoms with van der Waals surface area (Å²) in [4.78, 5) is 24.6. The number of rotatable bonds is 6. The van der Waals surface area contributed by atoms with Crippen LogP contribution in [0, 0.1) is 0 Å². The molecule has 2 aromatic carbocycles. The highest BCUT2D eigenvalue weighted by Gasteiger charge is 2.31. The van der Waals surface area contributed by atoms with Crippen molar-refractivity contribution in [3.63, 3.8) is 0 Å². The van der Waals surface area contributed by atoms with Crippen LogP contribution in [0.25, 0.3) is 6.08 Å². The van der Waals surface area contributed by atoms with Gasteiger partial charge in [0.05, 0.1) is 10.5 Å². The minimum Gasteiger partial charge on any atom is -0.449 e. The first kappa shape index (κ1) is 22.4. The molecule has 0 spiro atoms. The Kier molecular flexibility index (Phi) is 7.40. The zero-order chi connectivity index (χ0) is 21.6. The summed E-state index contributed by atoms with van der Waals surface area (Å²) in [7, 11) is 1.36. The standard InChI is InChI=1S/C19H14F3NO4S2/c1-23(14-4-2-3-13(10-14)19(20,21)22)17(24)16(29-11-28)9-12-5-7-15(8-6-12)27-18(25)26/h2-11H,1H3,(H,25,26)/b16-9-. The fourth-order valence-electron chi connectivity index (χ4n) is 2.26. The average molecular weight is 441 g/mol. The van der Waals surface area contributed by atoms with Crippen molar-refractivity contribution in [1.29, 1.82) is 0 Å². The fraction of sp³-hybridized carbons (Fsp3) is 0.105. The zero-order valence-corrected chi connectivity index (χ0v) is 16.5. The number of thiocarbonyl (C=S) groups is 1. The van der Waals surface area contributed by atoms with Gasteiger partial charge in [-0.1, -0.05) is 42.2 Å². The van der Waals surface area contributed by atoms with Crippen molar-refractivity contribution in [2.75, 3.05) is 11.9 Å². The van der Waals surface area contributed by atoms with E-state index in [2.05, 4.69) is 4.74 Å². The summed E-state index contributed by atoms with van der Waals surface area (Å²) in [6.45, 7) is 0. The van der Waals surface area contributed by atoms with Crippen LogP contribution in [-0.2, 0) is 11.0 Å². The third kappa shape index (κ3) is 6.33. The fourth-order valence-corrected chi connectivity index (χ4v) is 3.11. The Morgan fingerprint density at radius 3 is 2.38 bits per heavy atom. The third-order valence-electron chi connectivity index (χ3n) is 3.63. The number of alkyl halides is 3. The maximum atomic E-state index is 12.9. The predicted molar refractivity (Wildman–Crippen MR) is 109 cm³/mol. The molecule has 5 nitrogen and oxygen atoms in total. The molecule has 0 unspecified atom stereocenters. The predicted octanol–water partition coefficient (Wildman–Crippen LogP) is 5.46. The number of nitrogens with zero attached hydrogens (tertiary/aromatic N) is 1. The molecule has 0 radical (unpaired) electrons. The van der Waals surface area contributed by atoms with E-state index in [0.717, 1.165) is 28.8 Å². The van der Waals surface area contributed by atoms with Gasteiger partial charge < -0.3 is 14.7 Å². The van der Waals surface area contributed by atoms with Crippen LogP contribution in [0.5, 0.6) is 5.75 Å². The molecule has 0 saturated heterocycles. The number of carboxylic acid groups (broad SMARTS) is 1. The summed E-state index contributed by atoms with van der Waals surface area (Å²) in [6, 6.07) is 10.3. The normalized spacial score (nSPS) is 11.7. The number of thioether (sulfide) groups is 1. The van der Waals surface area contributed by atoms with Crippen LogP contribution in [0.15, 0.2) is 53.4 Å². The van der Waals surface area contributed by atoms with E-state index >= 15 is 0 Å². The van der Waals surface area contributed by atoms with E-state index in [1.54, 1.807) is 0 Å². The lowest BCUT2D eigenvalue weighted by atomic mass is 10.1. The molecule has 1 amide bonds. The minimum atomic E-state index is -4.53. The monoisotopic (exact) mass is 441 g/mol. The second-order valence-electron chi connectivity index (χ2n) is 5.57. The van der Waals surface area contributed by atoms with Crippen molar-refractivity contribution in [1.82, 2.24) is 0 Å². The summed E-state index contributed by atoms with van der Waals surface area (Å²) in [5.41, 5.74) is -0.240. The number of hydrogen-bond acceptors (Lipinski definition) is 5. The van der Waals surface area contributed by atoms with Gasteiger partial charge in [0.1, 0.15) is 5.75 Å². The molecule has 1 N–H and O–H groups in total. The SMILES string of the molecule is CN(C(=O)/C(=C/c1ccc(OC(=O)O)cc1)SC=S)c1cccc(C(F)(F)F)c1. The molecule has 0 aliphatic rings. The molecule has 0 aliphatic carbocycles. The number of carbonyl (C=O) groups excluding carboxylic acids is 1. The highest BCUT2D eigenvalue weighted by Crippen LogP contribution is 2.32. The van der Waals surface area contributed by atoms with Gasteiger partial charge in [0.15, 0.2) is 0 Å². The molecule has 152 valence electrons. The molecule has 0 saturated carbocycles. The van der Waals surface area contributed by atoms with Gasteiger partial charge in [-0.15, -0.1) is 0 Å². The molecule has 0 atom stereocenters. The Morgan fingerprint density at radius 1 is 1.17 bits per heavy atom. The van der Waals surface area contributed by atoms with E-state index in [9.17, 15) is 22.8 Å². The number of anilines is 1. The number of amides is 1. The van der Waals surface area contributed by atoms with Gasteiger partial charge in [0.2, 0.25) is 0 Å². The van der Waals surface area contributed by atoms with Crippen LogP contribution < -0.4 is 9.64 Å². The lowest BCUT2D eigenvalue weighted by Crippen LogP contribution is -2.27. The van der Waals surface area contributed by atoms with Crippen molar-refractivity contribution in [3.8, 4) is 5.75 Å². The van der Waals surface area contributed by atoms with E-state index in [-0.39, 0.29) is 16.3 Å². The van der Waals surface area contributed by atoms with Gasteiger partial charge in [-0.05, 0) is 42.0 Å². The van der Waals surface area contributed by atoms with E-state index < -0.39 is 23.8 Å². The first-order valence-corrected chi connectivity index (χ1v) is 9.25. The molecular weight excluding hydrogens is 427 g/mol. The van der Waals surface area contributed by atoms with Gasteiger partial charge in [-0.25, -0.2) is 4.79 Å². The smallest absolute Gasteiger partial charge is 0.449 e. The zero-order valence-electron chi connectivity index (χ0n) is 14.8.